The molecule has 0 aliphatic carbocycles. The summed E-state index contributed by atoms with van der Waals surface area (Å²) in [7, 11) is 0. The van der Waals surface area contributed by atoms with E-state index < -0.39 is 17.5 Å². The van der Waals surface area contributed by atoms with E-state index >= 15 is 0 Å². The van der Waals surface area contributed by atoms with Gasteiger partial charge in [0.1, 0.15) is 17.3 Å². The standard InChI is InChI=1S/C12H7F3N2S/c13-7-4-5-11(9(15)6-7)17-12-8(14)2-1-3-10(12)16-18-17/h1-6,16H. The second-order valence-corrected chi connectivity index (χ2v) is 4.47. The van der Waals surface area contributed by atoms with Crippen LogP contribution in [-0.4, -0.2) is 0 Å². The van der Waals surface area contributed by atoms with Crippen LogP contribution in [0.15, 0.2) is 36.4 Å². The van der Waals surface area contributed by atoms with Crippen LogP contribution in [0.2, 0.25) is 0 Å². The van der Waals surface area contributed by atoms with Crippen molar-refractivity contribution >= 4 is 29.2 Å². The molecule has 0 radical (unpaired) electrons. The van der Waals surface area contributed by atoms with E-state index in [1.165, 1.54) is 16.4 Å². The van der Waals surface area contributed by atoms with Gasteiger partial charge in [-0.25, -0.2) is 13.2 Å². The minimum Gasteiger partial charge on any atom is -0.310 e. The molecule has 18 heavy (non-hydrogen) atoms. The molecule has 2 nitrogen and oxygen atoms in total. The van der Waals surface area contributed by atoms with Crippen LogP contribution in [0.4, 0.5) is 30.2 Å². The third kappa shape index (κ3) is 1.69. The highest BCUT2D eigenvalue weighted by Crippen LogP contribution is 2.46. The number of halogens is 3. The van der Waals surface area contributed by atoms with Crippen molar-refractivity contribution < 1.29 is 13.2 Å². The predicted octanol–water partition coefficient (Wildman–Crippen LogP) is 4.23. The lowest BCUT2D eigenvalue weighted by Crippen LogP contribution is -2.06. The number of fused-ring (bicyclic) bond motifs is 1. The van der Waals surface area contributed by atoms with Gasteiger partial charge in [0.15, 0.2) is 5.82 Å². The van der Waals surface area contributed by atoms with Crippen molar-refractivity contribution in [3.05, 3.63) is 53.8 Å². The summed E-state index contributed by atoms with van der Waals surface area (Å²) in [4.78, 5) is 0. The van der Waals surface area contributed by atoms with Crippen molar-refractivity contribution in [2.45, 2.75) is 0 Å². The van der Waals surface area contributed by atoms with E-state index in [4.69, 9.17) is 0 Å². The quantitative estimate of drug-likeness (QED) is 0.779. The number of nitrogens with zero attached hydrogens (tertiary/aromatic N) is 1. The third-order valence-corrected chi connectivity index (χ3v) is 3.44. The van der Waals surface area contributed by atoms with E-state index in [2.05, 4.69) is 4.72 Å². The van der Waals surface area contributed by atoms with E-state index in [-0.39, 0.29) is 11.4 Å². The maximum absolute atomic E-state index is 13.7. The smallest absolute Gasteiger partial charge is 0.150 e. The lowest BCUT2D eigenvalue weighted by Gasteiger charge is -2.16. The highest BCUT2D eigenvalue weighted by atomic mass is 32.2. The summed E-state index contributed by atoms with van der Waals surface area (Å²) in [5.74, 6) is -1.86. The number of para-hydroxylation sites is 1. The molecular weight excluding hydrogens is 261 g/mol. The van der Waals surface area contributed by atoms with Gasteiger partial charge in [-0.2, -0.15) is 0 Å². The number of nitrogens with one attached hydrogen (secondary N) is 1. The maximum atomic E-state index is 13.7. The summed E-state index contributed by atoms with van der Waals surface area (Å²) in [6.07, 6.45) is 0. The fourth-order valence-corrected chi connectivity index (χ4v) is 2.64. The summed E-state index contributed by atoms with van der Waals surface area (Å²) in [5.41, 5.74) is 0.912. The van der Waals surface area contributed by atoms with Gasteiger partial charge < -0.3 is 4.72 Å². The second kappa shape index (κ2) is 4.13. The summed E-state index contributed by atoms with van der Waals surface area (Å²) < 4.78 is 44.5. The highest BCUT2D eigenvalue weighted by molar-refractivity contribution is 8.02. The summed E-state index contributed by atoms with van der Waals surface area (Å²) in [5, 5.41) is 0. The zero-order valence-corrected chi connectivity index (χ0v) is 9.77. The summed E-state index contributed by atoms with van der Waals surface area (Å²) in [6.45, 7) is 0. The van der Waals surface area contributed by atoms with Crippen LogP contribution in [0.3, 0.4) is 0 Å². The van der Waals surface area contributed by atoms with E-state index in [1.807, 2.05) is 0 Å². The largest absolute Gasteiger partial charge is 0.310 e. The average Bonchev–Trinajstić information content (AvgIpc) is 2.74. The molecule has 1 aliphatic rings. The Morgan fingerprint density at radius 2 is 1.83 bits per heavy atom. The first-order chi connectivity index (χ1) is 8.66. The third-order valence-electron chi connectivity index (χ3n) is 2.57. The minimum absolute atomic E-state index is 0.109. The summed E-state index contributed by atoms with van der Waals surface area (Å²) >= 11 is 1.04. The monoisotopic (exact) mass is 268 g/mol. The Morgan fingerprint density at radius 3 is 2.61 bits per heavy atom. The van der Waals surface area contributed by atoms with Crippen LogP contribution in [-0.2, 0) is 0 Å². The van der Waals surface area contributed by atoms with Gasteiger partial charge in [-0.15, -0.1) is 0 Å². The molecule has 0 spiro atoms. The molecule has 2 aromatic rings. The Balaban J connectivity index is 2.11. The molecule has 0 saturated heterocycles. The molecule has 0 saturated carbocycles. The maximum Gasteiger partial charge on any atom is 0.150 e. The van der Waals surface area contributed by atoms with Crippen molar-refractivity contribution in [2.75, 3.05) is 9.03 Å². The van der Waals surface area contributed by atoms with Gasteiger partial charge in [0, 0.05) is 6.07 Å². The van der Waals surface area contributed by atoms with Gasteiger partial charge >= 0.3 is 0 Å². The zero-order valence-electron chi connectivity index (χ0n) is 8.95. The Kier molecular flexibility index (Phi) is 2.59. The van der Waals surface area contributed by atoms with Crippen molar-refractivity contribution in [3.63, 3.8) is 0 Å². The molecule has 0 unspecified atom stereocenters. The van der Waals surface area contributed by atoms with Crippen LogP contribution >= 0.6 is 12.1 Å². The van der Waals surface area contributed by atoms with Gasteiger partial charge in [-0.3, -0.25) is 4.31 Å². The van der Waals surface area contributed by atoms with Crippen molar-refractivity contribution in [1.82, 2.24) is 0 Å². The van der Waals surface area contributed by atoms with E-state index in [9.17, 15) is 13.2 Å². The average molecular weight is 268 g/mol. The van der Waals surface area contributed by atoms with Crippen LogP contribution in [0.5, 0.6) is 0 Å². The van der Waals surface area contributed by atoms with E-state index in [0.29, 0.717) is 5.69 Å². The molecule has 1 heterocycles. The fraction of sp³-hybridized carbons (Fsp3) is 0. The van der Waals surface area contributed by atoms with Crippen LogP contribution in [0.1, 0.15) is 0 Å². The molecule has 0 fully saturated rings. The van der Waals surface area contributed by atoms with E-state index in [1.54, 1.807) is 12.1 Å². The first kappa shape index (κ1) is 11.3. The second-order valence-electron chi connectivity index (χ2n) is 3.72. The topological polar surface area (TPSA) is 15.3 Å². The van der Waals surface area contributed by atoms with Gasteiger partial charge in [-0.1, -0.05) is 6.07 Å². The molecular formula is C12H7F3N2S. The van der Waals surface area contributed by atoms with Gasteiger partial charge in [0.2, 0.25) is 0 Å². The Bertz CT molecular complexity index is 618. The van der Waals surface area contributed by atoms with Crippen molar-refractivity contribution in [3.8, 4) is 0 Å². The predicted molar refractivity (Wildman–Crippen MR) is 66.1 cm³/mol. The first-order valence-electron chi connectivity index (χ1n) is 5.13. The number of hydrogen-bond donors (Lipinski definition) is 1. The molecule has 0 aromatic heterocycles. The summed E-state index contributed by atoms with van der Waals surface area (Å²) in [6, 6.07) is 7.73. The molecule has 0 amide bonds. The fourth-order valence-electron chi connectivity index (χ4n) is 1.76. The van der Waals surface area contributed by atoms with E-state index in [0.717, 1.165) is 24.3 Å². The molecule has 0 atom stereocenters. The molecule has 1 N–H and O–H groups in total. The number of anilines is 3. The Labute approximate surface area is 106 Å². The molecule has 1 aliphatic heterocycles. The number of hydrogen-bond acceptors (Lipinski definition) is 3. The highest BCUT2D eigenvalue weighted by Gasteiger charge is 2.27. The van der Waals surface area contributed by atoms with Crippen molar-refractivity contribution in [2.24, 2.45) is 0 Å². The van der Waals surface area contributed by atoms with Crippen LogP contribution in [0, 0.1) is 17.5 Å². The van der Waals surface area contributed by atoms with Gasteiger partial charge in [0.05, 0.1) is 23.5 Å². The lowest BCUT2D eigenvalue weighted by molar-refractivity contribution is 0.584. The molecule has 2 aromatic carbocycles. The number of rotatable bonds is 1. The van der Waals surface area contributed by atoms with Crippen LogP contribution < -0.4 is 9.03 Å². The first-order valence-corrected chi connectivity index (χ1v) is 5.91. The van der Waals surface area contributed by atoms with Gasteiger partial charge in [-0.05, 0) is 24.3 Å². The van der Waals surface area contributed by atoms with Crippen LogP contribution in [0.25, 0.3) is 0 Å². The lowest BCUT2D eigenvalue weighted by atomic mass is 10.2. The Morgan fingerprint density at radius 1 is 1.00 bits per heavy atom. The Hall–Kier alpha value is -1.82. The molecule has 6 heteroatoms. The molecule has 3 rings (SSSR count). The molecule has 0 bridgehead atoms. The molecule has 92 valence electrons. The number of benzene rings is 2. The SMILES string of the molecule is Fc1ccc(N2SNc3cccc(F)c32)c(F)c1. The van der Waals surface area contributed by atoms with Crippen molar-refractivity contribution in [1.29, 1.82) is 0 Å². The van der Waals surface area contributed by atoms with Gasteiger partial charge in [0.25, 0.3) is 0 Å². The minimum atomic E-state index is -0.736. The normalized spacial score (nSPS) is 13.4. The zero-order chi connectivity index (χ0) is 12.7.